The van der Waals surface area contributed by atoms with Gasteiger partial charge in [0.2, 0.25) is 0 Å². The second-order valence-corrected chi connectivity index (χ2v) is 13.0. The number of nitrogens with zero attached hydrogens (tertiary/aromatic N) is 7. The van der Waals surface area contributed by atoms with Gasteiger partial charge in [-0.25, -0.2) is 19.8 Å². The van der Waals surface area contributed by atoms with Crippen molar-refractivity contribution in [2.24, 2.45) is 0 Å². The minimum absolute atomic E-state index is 0.327. The molecule has 0 bridgehead atoms. The lowest BCUT2D eigenvalue weighted by atomic mass is 10.0. The van der Waals surface area contributed by atoms with Crippen LogP contribution in [0, 0.1) is 17.9 Å². The number of aromatic nitrogens is 5. The van der Waals surface area contributed by atoms with E-state index in [-0.39, 0.29) is 0 Å². The molecule has 0 saturated carbocycles. The summed E-state index contributed by atoms with van der Waals surface area (Å²) < 4.78 is 4.45. The standard InChI is InChI=1S/C47H27N7/c1-49-38-28-42(32(29-48)27-37(38)47-51-45(30-15-5-2-6-16-30)50-46(52-47)31-17-7-3-8-18-31)54-40-24-14-12-22-36(40)43-41(54)26-25-35-34-21-11-13-23-39(34)53(44(35)43)33-19-9-4-10-20-33/h2-28H. The van der Waals surface area contributed by atoms with Crippen molar-refractivity contribution < 1.29 is 0 Å². The van der Waals surface area contributed by atoms with Crippen molar-refractivity contribution in [2.75, 3.05) is 0 Å². The summed E-state index contributed by atoms with van der Waals surface area (Å²) >= 11 is 0. The minimum Gasteiger partial charge on any atom is -0.309 e. The first-order chi connectivity index (χ1) is 26.7. The summed E-state index contributed by atoms with van der Waals surface area (Å²) in [5.74, 6) is 1.30. The molecule has 250 valence electrons. The number of para-hydroxylation sites is 3. The van der Waals surface area contributed by atoms with Crippen LogP contribution in [0.4, 0.5) is 5.69 Å². The molecule has 3 aromatic heterocycles. The zero-order chi connectivity index (χ0) is 36.2. The van der Waals surface area contributed by atoms with Crippen LogP contribution in [0.2, 0.25) is 0 Å². The molecular formula is C47H27N7. The monoisotopic (exact) mass is 689 g/mol. The van der Waals surface area contributed by atoms with E-state index in [1.54, 1.807) is 12.1 Å². The molecule has 0 amide bonds. The summed E-state index contributed by atoms with van der Waals surface area (Å²) in [5.41, 5.74) is 8.58. The number of rotatable bonds is 5. The largest absolute Gasteiger partial charge is 0.309 e. The SMILES string of the molecule is [C-]#[N+]c1cc(-n2c3ccccc3c3c2ccc2c4ccccc4n(-c4ccccc4)c23)c(C#N)cc1-c1nc(-c2ccccc2)nc(-c2ccccc2)n1. The number of hydrogen-bond donors (Lipinski definition) is 0. The van der Waals surface area contributed by atoms with Gasteiger partial charge in [0.15, 0.2) is 23.2 Å². The van der Waals surface area contributed by atoms with Gasteiger partial charge in [0.05, 0.1) is 39.9 Å². The molecule has 0 fully saturated rings. The summed E-state index contributed by atoms with van der Waals surface area (Å²) in [5, 5.41) is 15.2. The lowest BCUT2D eigenvalue weighted by molar-refractivity contribution is 1.07. The fourth-order valence-electron chi connectivity index (χ4n) is 7.67. The van der Waals surface area contributed by atoms with Gasteiger partial charge in [-0.2, -0.15) is 5.26 Å². The average molecular weight is 690 g/mol. The second-order valence-electron chi connectivity index (χ2n) is 13.0. The van der Waals surface area contributed by atoms with Crippen LogP contribution in [0.15, 0.2) is 164 Å². The van der Waals surface area contributed by atoms with Gasteiger partial charge in [0, 0.05) is 43.9 Å². The van der Waals surface area contributed by atoms with E-state index in [0.717, 1.165) is 60.4 Å². The van der Waals surface area contributed by atoms with Crippen LogP contribution in [0.25, 0.3) is 94.0 Å². The molecule has 0 N–H and O–H groups in total. The maximum absolute atomic E-state index is 10.8. The van der Waals surface area contributed by atoms with Gasteiger partial charge in [-0.3, -0.25) is 0 Å². The number of nitriles is 1. The highest BCUT2D eigenvalue weighted by atomic mass is 15.0. The van der Waals surface area contributed by atoms with Crippen LogP contribution < -0.4 is 0 Å². The molecule has 7 heteroatoms. The van der Waals surface area contributed by atoms with Crippen molar-refractivity contribution in [1.82, 2.24) is 24.1 Å². The predicted molar refractivity (Wildman–Crippen MR) is 216 cm³/mol. The van der Waals surface area contributed by atoms with Crippen LogP contribution in [0.1, 0.15) is 5.56 Å². The molecule has 0 atom stereocenters. The molecule has 10 aromatic rings. The van der Waals surface area contributed by atoms with Gasteiger partial charge in [0.1, 0.15) is 6.07 Å². The third-order valence-electron chi connectivity index (χ3n) is 10.0. The van der Waals surface area contributed by atoms with E-state index in [0.29, 0.717) is 40.0 Å². The highest BCUT2D eigenvalue weighted by Crippen LogP contribution is 2.43. The molecule has 0 radical (unpaired) electrons. The summed E-state index contributed by atoms with van der Waals surface area (Å²) in [4.78, 5) is 18.6. The smallest absolute Gasteiger partial charge is 0.200 e. The van der Waals surface area contributed by atoms with Crippen LogP contribution in [0.3, 0.4) is 0 Å². The Balaban J connectivity index is 1.26. The lowest BCUT2D eigenvalue weighted by Crippen LogP contribution is -2.02. The highest BCUT2D eigenvalue weighted by Gasteiger charge is 2.24. The second kappa shape index (κ2) is 12.4. The molecular weight excluding hydrogens is 663 g/mol. The maximum Gasteiger partial charge on any atom is 0.200 e. The van der Waals surface area contributed by atoms with Crippen molar-refractivity contribution in [1.29, 1.82) is 5.26 Å². The quantitative estimate of drug-likeness (QED) is 0.169. The van der Waals surface area contributed by atoms with Crippen LogP contribution in [0.5, 0.6) is 0 Å². The van der Waals surface area contributed by atoms with Gasteiger partial charge in [-0.05, 0) is 42.5 Å². The normalized spacial score (nSPS) is 11.3. The summed E-state index contributed by atoms with van der Waals surface area (Å²) in [6.07, 6.45) is 0. The fourth-order valence-corrected chi connectivity index (χ4v) is 7.67. The predicted octanol–water partition coefficient (Wildman–Crippen LogP) is 11.5. The lowest BCUT2D eigenvalue weighted by Gasteiger charge is -2.14. The van der Waals surface area contributed by atoms with Crippen molar-refractivity contribution in [3.63, 3.8) is 0 Å². The van der Waals surface area contributed by atoms with Crippen molar-refractivity contribution in [2.45, 2.75) is 0 Å². The van der Waals surface area contributed by atoms with E-state index in [1.165, 1.54) is 0 Å². The first kappa shape index (κ1) is 30.9. The first-order valence-corrected chi connectivity index (χ1v) is 17.6. The third kappa shape index (κ3) is 4.77. The van der Waals surface area contributed by atoms with Crippen molar-refractivity contribution in [3.8, 4) is 51.6 Å². The average Bonchev–Trinajstić information content (AvgIpc) is 3.77. The minimum atomic E-state index is 0.327. The van der Waals surface area contributed by atoms with E-state index in [1.807, 2.05) is 72.8 Å². The molecule has 0 saturated heterocycles. The summed E-state index contributed by atoms with van der Waals surface area (Å²) in [6.45, 7) is 8.40. The Bertz CT molecular complexity index is 3110. The maximum atomic E-state index is 10.8. The van der Waals surface area contributed by atoms with E-state index >= 15 is 0 Å². The molecule has 7 nitrogen and oxygen atoms in total. The molecule has 0 aliphatic carbocycles. The van der Waals surface area contributed by atoms with E-state index in [9.17, 15) is 5.26 Å². The third-order valence-corrected chi connectivity index (χ3v) is 10.0. The highest BCUT2D eigenvalue weighted by molar-refractivity contribution is 6.26. The molecule has 10 rings (SSSR count). The Morgan fingerprint density at radius 3 is 1.70 bits per heavy atom. The Kier molecular flexibility index (Phi) is 7.11. The van der Waals surface area contributed by atoms with Crippen molar-refractivity contribution >= 4 is 49.3 Å². The van der Waals surface area contributed by atoms with Crippen LogP contribution in [-0.2, 0) is 0 Å². The van der Waals surface area contributed by atoms with Crippen molar-refractivity contribution in [3.05, 3.63) is 181 Å². The summed E-state index contributed by atoms with van der Waals surface area (Å²) in [7, 11) is 0. The van der Waals surface area contributed by atoms with Gasteiger partial charge in [-0.15, -0.1) is 0 Å². The first-order valence-electron chi connectivity index (χ1n) is 17.6. The zero-order valence-corrected chi connectivity index (χ0v) is 28.7. The van der Waals surface area contributed by atoms with Gasteiger partial charge in [-0.1, -0.05) is 121 Å². The fraction of sp³-hybridized carbons (Fsp3) is 0. The number of fused-ring (bicyclic) bond motifs is 7. The van der Waals surface area contributed by atoms with E-state index in [2.05, 4.69) is 98.9 Å². The molecule has 0 spiro atoms. The Morgan fingerprint density at radius 2 is 1.07 bits per heavy atom. The number of hydrogen-bond acceptors (Lipinski definition) is 4. The molecule has 3 heterocycles. The van der Waals surface area contributed by atoms with Crippen LogP contribution >= 0.6 is 0 Å². The molecule has 0 aliphatic heterocycles. The van der Waals surface area contributed by atoms with E-state index in [4.69, 9.17) is 21.5 Å². The summed E-state index contributed by atoms with van der Waals surface area (Å²) in [6, 6.07) is 56.9. The topological polar surface area (TPSA) is 76.7 Å². The number of benzene rings is 7. The molecule has 54 heavy (non-hydrogen) atoms. The Morgan fingerprint density at radius 1 is 0.519 bits per heavy atom. The Labute approximate surface area is 310 Å². The molecule has 0 unspecified atom stereocenters. The molecule has 7 aromatic carbocycles. The van der Waals surface area contributed by atoms with Gasteiger partial charge < -0.3 is 9.13 Å². The van der Waals surface area contributed by atoms with Crippen LogP contribution in [-0.4, -0.2) is 24.1 Å². The van der Waals surface area contributed by atoms with E-state index < -0.39 is 0 Å². The Hall–Kier alpha value is -7.87. The van der Waals surface area contributed by atoms with Gasteiger partial charge in [0.25, 0.3) is 0 Å². The molecule has 0 aliphatic rings. The van der Waals surface area contributed by atoms with Gasteiger partial charge >= 0.3 is 0 Å². The zero-order valence-electron chi connectivity index (χ0n) is 28.7.